The summed E-state index contributed by atoms with van der Waals surface area (Å²) in [6.45, 7) is 2.00. The van der Waals surface area contributed by atoms with E-state index in [4.69, 9.17) is 46.1 Å². The fourth-order valence-electron chi connectivity index (χ4n) is 3.96. The molecular weight excluding hydrogens is 493 g/mol. The molecule has 36 heavy (non-hydrogen) atoms. The highest BCUT2D eigenvalue weighted by molar-refractivity contribution is 6.31. The summed E-state index contributed by atoms with van der Waals surface area (Å²) >= 11 is 11.8. The first-order valence-electron chi connectivity index (χ1n) is 11.2. The molecular formula is C27H25Cl2N7. The number of hydrogen-bond donors (Lipinski definition) is 4. The molecule has 5 rings (SSSR count). The Balaban J connectivity index is 0.000000170. The van der Waals surface area contributed by atoms with Gasteiger partial charge < -0.3 is 22.9 Å². The van der Waals surface area contributed by atoms with Gasteiger partial charge in [0, 0.05) is 26.6 Å². The Kier molecular flexibility index (Phi) is 7.43. The van der Waals surface area contributed by atoms with Crippen LogP contribution in [0.4, 0.5) is 23.4 Å². The van der Waals surface area contributed by atoms with Crippen LogP contribution >= 0.6 is 23.2 Å². The van der Waals surface area contributed by atoms with Crippen LogP contribution in [0.15, 0.2) is 72.8 Å². The van der Waals surface area contributed by atoms with E-state index in [0.717, 1.165) is 45.1 Å². The summed E-state index contributed by atoms with van der Waals surface area (Å²) in [4.78, 5) is 12.4. The highest BCUT2D eigenvalue weighted by atomic mass is 35.5. The van der Waals surface area contributed by atoms with Gasteiger partial charge in [-0.15, -0.1) is 0 Å². The van der Waals surface area contributed by atoms with Gasteiger partial charge in [-0.3, -0.25) is 0 Å². The zero-order chi connectivity index (χ0) is 25.8. The number of pyridine rings is 1. The number of nitrogens with two attached hydrogens (primary N) is 4. The fourth-order valence-corrected chi connectivity index (χ4v) is 4.21. The quantitative estimate of drug-likeness (QED) is 0.221. The Labute approximate surface area is 219 Å². The third-order valence-corrected chi connectivity index (χ3v) is 6.10. The molecule has 0 saturated carbocycles. The number of aromatic nitrogens is 3. The van der Waals surface area contributed by atoms with E-state index >= 15 is 0 Å². The van der Waals surface area contributed by atoms with Crippen LogP contribution in [-0.2, 0) is 6.42 Å². The lowest BCUT2D eigenvalue weighted by Gasteiger charge is -2.11. The molecule has 5 aromatic rings. The number of hydrogen-bond acceptors (Lipinski definition) is 7. The van der Waals surface area contributed by atoms with Crippen LogP contribution in [0.1, 0.15) is 12.6 Å². The van der Waals surface area contributed by atoms with Crippen molar-refractivity contribution in [3.63, 3.8) is 0 Å². The molecule has 0 bridgehead atoms. The number of rotatable bonds is 3. The van der Waals surface area contributed by atoms with E-state index in [0.29, 0.717) is 27.5 Å². The molecule has 0 saturated heterocycles. The standard InChI is InChI=1S/C15H12ClN3.C12H13ClN4/c16-10-7-5-9(6-8-10)13-11-3-1-2-4-12(11)14(17)19-15(13)18;1-2-9-10(11(14)17-12(15)16-9)7-3-5-8(13)6-4-7/h1-8H,(H4,17,18,19);3-6H,2H2,1H3,(H4,14,15,16,17). The number of nitrogen functional groups attached to an aromatic ring is 4. The fraction of sp³-hybridized carbons (Fsp3) is 0.0741. The van der Waals surface area contributed by atoms with E-state index < -0.39 is 0 Å². The number of anilines is 4. The van der Waals surface area contributed by atoms with E-state index in [1.165, 1.54) is 0 Å². The van der Waals surface area contributed by atoms with Crippen LogP contribution in [-0.4, -0.2) is 15.0 Å². The van der Waals surface area contributed by atoms with E-state index in [1.807, 2.05) is 79.7 Å². The lowest BCUT2D eigenvalue weighted by atomic mass is 9.99. The Bertz CT molecular complexity index is 1520. The minimum atomic E-state index is 0.206. The molecule has 0 fully saturated rings. The van der Waals surface area contributed by atoms with E-state index in [-0.39, 0.29) is 5.95 Å². The molecule has 2 aromatic heterocycles. The number of aryl methyl sites for hydroxylation is 1. The van der Waals surface area contributed by atoms with Crippen LogP contribution < -0.4 is 22.9 Å². The predicted octanol–water partition coefficient (Wildman–Crippen LogP) is 6.24. The summed E-state index contributed by atoms with van der Waals surface area (Å²) < 4.78 is 0. The average molecular weight is 518 g/mol. The van der Waals surface area contributed by atoms with E-state index in [9.17, 15) is 0 Å². The van der Waals surface area contributed by atoms with Crippen LogP contribution in [0, 0.1) is 0 Å². The largest absolute Gasteiger partial charge is 0.383 e. The summed E-state index contributed by atoms with van der Waals surface area (Å²) in [5.74, 6) is 1.48. The molecule has 0 amide bonds. The third-order valence-electron chi connectivity index (χ3n) is 5.60. The summed E-state index contributed by atoms with van der Waals surface area (Å²) in [5, 5.41) is 3.27. The monoisotopic (exact) mass is 517 g/mol. The van der Waals surface area contributed by atoms with Gasteiger partial charge in [0.1, 0.15) is 17.5 Å². The number of fused-ring (bicyclic) bond motifs is 1. The van der Waals surface area contributed by atoms with Gasteiger partial charge >= 0.3 is 0 Å². The molecule has 0 spiro atoms. The summed E-state index contributed by atoms with van der Waals surface area (Å²) in [6, 6.07) is 22.8. The Morgan fingerprint density at radius 1 is 0.583 bits per heavy atom. The van der Waals surface area contributed by atoms with Crippen molar-refractivity contribution in [3.8, 4) is 22.3 Å². The van der Waals surface area contributed by atoms with Crippen molar-refractivity contribution in [2.24, 2.45) is 0 Å². The molecule has 0 aliphatic carbocycles. The zero-order valence-corrected chi connectivity index (χ0v) is 21.1. The average Bonchev–Trinajstić information content (AvgIpc) is 2.86. The first-order valence-corrected chi connectivity index (χ1v) is 11.9. The van der Waals surface area contributed by atoms with Crippen LogP contribution in [0.3, 0.4) is 0 Å². The lowest BCUT2D eigenvalue weighted by Crippen LogP contribution is -2.06. The number of benzene rings is 3. The Morgan fingerprint density at radius 2 is 1.08 bits per heavy atom. The Morgan fingerprint density at radius 3 is 1.64 bits per heavy atom. The van der Waals surface area contributed by atoms with Gasteiger partial charge in [0.25, 0.3) is 0 Å². The molecule has 182 valence electrons. The van der Waals surface area contributed by atoms with Gasteiger partial charge in [0.2, 0.25) is 5.95 Å². The maximum Gasteiger partial charge on any atom is 0.222 e. The van der Waals surface area contributed by atoms with Gasteiger partial charge in [-0.1, -0.05) is 78.7 Å². The SMILES string of the molecule is CCc1nc(N)nc(N)c1-c1ccc(Cl)cc1.Nc1nc(N)c2ccccc2c1-c1ccc(Cl)cc1. The first-order chi connectivity index (χ1) is 17.3. The molecule has 8 N–H and O–H groups in total. The molecule has 0 aliphatic heterocycles. The molecule has 9 heteroatoms. The minimum absolute atomic E-state index is 0.206. The van der Waals surface area contributed by atoms with Crippen molar-refractivity contribution in [1.29, 1.82) is 0 Å². The first kappa shape index (κ1) is 25.0. The Hall–Kier alpha value is -4.07. The molecule has 3 aromatic carbocycles. The van der Waals surface area contributed by atoms with Gasteiger partial charge in [-0.2, -0.15) is 4.98 Å². The van der Waals surface area contributed by atoms with Crippen LogP contribution in [0.5, 0.6) is 0 Å². The second-order valence-corrected chi connectivity index (χ2v) is 8.83. The van der Waals surface area contributed by atoms with Crippen molar-refractivity contribution in [1.82, 2.24) is 15.0 Å². The van der Waals surface area contributed by atoms with Crippen molar-refractivity contribution < 1.29 is 0 Å². The van der Waals surface area contributed by atoms with Crippen molar-refractivity contribution in [3.05, 3.63) is 88.5 Å². The molecule has 2 heterocycles. The van der Waals surface area contributed by atoms with Gasteiger partial charge in [-0.05, 0) is 47.2 Å². The van der Waals surface area contributed by atoms with Crippen LogP contribution in [0.2, 0.25) is 10.0 Å². The maximum absolute atomic E-state index is 6.03. The minimum Gasteiger partial charge on any atom is -0.383 e. The molecule has 7 nitrogen and oxygen atoms in total. The topological polar surface area (TPSA) is 143 Å². The molecule has 0 unspecified atom stereocenters. The van der Waals surface area contributed by atoms with Gasteiger partial charge in [-0.25, -0.2) is 9.97 Å². The normalized spacial score (nSPS) is 10.6. The van der Waals surface area contributed by atoms with E-state index in [1.54, 1.807) is 0 Å². The molecule has 0 atom stereocenters. The second kappa shape index (κ2) is 10.7. The number of nitrogens with zero attached hydrogens (tertiary/aromatic N) is 3. The lowest BCUT2D eigenvalue weighted by molar-refractivity contribution is 1.02. The van der Waals surface area contributed by atoms with Crippen molar-refractivity contribution >= 4 is 57.4 Å². The van der Waals surface area contributed by atoms with Crippen molar-refractivity contribution in [2.45, 2.75) is 13.3 Å². The summed E-state index contributed by atoms with van der Waals surface area (Å²) in [6.07, 6.45) is 0.745. The summed E-state index contributed by atoms with van der Waals surface area (Å²) in [7, 11) is 0. The number of halogens is 2. The van der Waals surface area contributed by atoms with Crippen LogP contribution in [0.25, 0.3) is 33.0 Å². The summed E-state index contributed by atoms with van der Waals surface area (Å²) in [5.41, 5.74) is 27.9. The molecule has 0 aliphatic rings. The highest BCUT2D eigenvalue weighted by Crippen LogP contribution is 2.35. The van der Waals surface area contributed by atoms with Crippen molar-refractivity contribution in [2.75, 3.05) is 22.9 Å². The second-order valence-electron chi connectivity index (χ2n) is 7.96. The zero-order valence-electron chi connectivity index (χ0n) is 19.5. The van der Waals surface area contributed by atoms with E-state index in [2.05, 4.69) is 15.0 Å². The predicted molar refractivity (Wildman–Crippen MR) is 152 cm³/mol. The highest BCUT2D eigenvalue weighted by Gasteiger charge is 2.13. The van der Waals surface area contributed by atoms with Gasteiger partial charge in [0.15, 0.2) is 0 Å². The maximum atomic E-state index is 6.03. The smallest absolute Gasteiger partial charge is 0.222 e. The van der Waals surface area contributed by atoms with Gasteiger partial charge in [0.05, 0.1) is 5.69 Å². The molecule has 0 radical (unpaired) electrons. The third kappa shape index (κ3) is 5.27.